The Kier molecular flexibility index (Phi) is 6.87. The van der Waals surface area contributed by atoms with Crippen molar-refractivity contribution >= 4 is 5.69 Å². The third kappa shape index (κ3) is 4.67. The Morgan fingerprint density at radius 3 is 2.50 bits per heavy atom. The second-order valence-corrected chi connectivity index (χ2v) is 8.00. The first-order chi connectivity index (χ1) is 12.3. The van der Waals surface area contributed by atoms with Gasteiger partial charge in [-0.15, -0.1) is 0 Å². The molecule has 1 aromatic heterocycles. The molecule has 0 atom stereocenters. The minimum absolute atomic E-state index is 0.0976. The molecule has 4 nitrogen and oxygen atoms in total. The first-order valence-corrected chi connectivity index (χ1v) is 9.74. The lowest BCUT2D eigenvalue weighted by Gasteiger charge is -2.29. The molecule has 0 amide bonds. The van der Waals surface area contributed by atoms with Crippen molar-refractivity contribution in [3.05, 3.63) is 35.2 Å². The van der Waals surface area contributed by atoms with Crippen molar-refractivity contribution in [1.82, 2.24) is 10.1 Å². The van der Waals surface area contributed by atoms with Crippen molar-refractivity contribution in [2.45, 2.75) is 59.3 Å². The topological polar surface area (TPSA) is 41.3 Å². The van der Waals surface area contributed by atoms with E-state index in [-0.39, 0.29) is 5.41 Å². The maximum Gasteiger partial charge on any atom is 0.141 e. The maximum atomic E-state index is 5.37. The summed E-state index contributed by atoms with van der Waals surface area (Å²) < 4.78 is 5.37. The van der Waals surface area contributed by atoms with Crippen LogP contribution in [0.5, 0.6) is 0 Å². The molecule has 26 heavy (non-hydrogen) atoms. The number of benzene rings is 1. The SMILES string of the molecule is CCCN(C)CCCC(C)(C)c1cc(-c2c(C)noc2C)ccc1NC. The number of hydrogen-bond donors (Lipinski definition) is 1. The molecular weight excluding hydrogens is 322 g/mol. The molecule has 1 N–H and O–H groups in total. The van der Waals surface area contributed by atoms with Gasteiger partial charge in [-0.1, -0.05) is 32.0 Å². The minimum atomic E-state index is 0.0976. The zero-order valence-corrected chi connectivity index (χ0v) is 17.6. The van der Waals surface area contributed by atoms with Gasteiger partial charge in [-0.3, -0.25) is 0 Å². The van der Waals surface area contributed by atoms with Gasteiger partial charge in [-0.05, 0) is 81.9 Å². The molecule has 0 aliphatic heterocycles. The molecule has 144 valence electrons. The van der Waals surface area contributed by atoms with Crippen LogP contribution in [0, 0.1) is 13.8 Å². The highest BCUT2D eigenvalue weighted by molar-refractivity contribution is 5.72. The molecule has 0 radical (unpaired) electrons. The highest BCUT2D eigenvalue weighted by atomic mass is 16.5. The molecule has 0 saturated carbocycles. The van der Waals surface area contributed by atoms with E-state index in [1.807, 2.05) is 20.9 Å². The van der Waals surface area contributed by atoms with Crippen molar-refractivity contribution in [2.24, 2.45) is 0 Å². The number of hydrogen-bond acceptors (Lipinski definition) is 4. The van der Waals surface area contributed by atoms with E-state index in [0.717, 1.165) is 30.0 Å². The van der Waals surface area contributed by atoms with Crippen molar-refractivity contribution in [3.8, 4) is 11.1 Å². The van der Waals surface area contributed by atoms with Gasteiger partial charge in [0.2, 0.25) is 0 Å². The fourth-order valence-electron chi connectivity index (χ4n) is 3.79. The van der Waals surface area contributed by atoms with Gasteiger partial charge in [0.05, 0.1) is 5.69 Å². The van der Waals surface area contributed by atoms with E-state index in [9.17, 15) is 0 Å². The van der Waals surface area contributed by atoms with Crippen LogP contribution in [0.15, 0.2) is 22.7 Å². The maximum absolute atomic E-state index is 5.37. The molecular formula is C22H35N3O. The fourth-order valence-corrected chi connectivity index (χ4v) is 3.79. The average Bonchev–Trinajstić information content (AvgIpc) is 2.93. The van der Waals surface area contributed by atoms with Crippen LogP contribution in [-0.2, 0) is 5.41 Å². The van der Waals surface area contributed by atoms with Crippen molar-refractivity contribution < 1.29 is 4.52 Å². The van der Waals surface area contributed by atoms with E-state index in [1.165, 1.54) is 36.2 Å². The molecule has 0 unspecified atom stereocenters. The normalized spacial score (nSPS) is 12.0. The summed E-state index contributed by atoms with van der Waals surface area (Å²) in [5.74, 6) is 0.879. The number of aryl methyl sites for hydroxylation is 2. The summed E-state index contributed by atoms with van der Waals surface area (Å²) in [6.45, 7) is 13.2. The van der Waals surface area contributed by atoms with Crippen molar-refractivity contribution in [2.75, 3.05) is 32.5 Å². The molecule has 4 heteroatoms. The Morgan fingerprint density at radius 1 is 1.19 bits per heavy atom. The van der Waals surface area contributed by atoms with Crippen LogP contribution in [0.2, 0.25) is 0 Å². The summed E-state index contributed by atoms with van der Waals surface area (Å²) in [4.78, 5) is 2.43. The molecule has 0 aliphatic rings. The van der Waals surface area contributed by atoms with E-state index in [1.54, 1.807) is 0 Å². The van der Waals surface area contributed by atoms with E-state index in [2.05, 4.69) is 61.4 Å². The highest BCUT2D eigenvalue weighted by Crippen LogP contribution is 2.38. The van der Waals surface area contributed by atoms with Gasteiger partial charge in [-0.25, -0.2) is 0 Å². The van der Waals surface area contributed by atoms with Crippen LogP contribution in [0.4, 0.5) is 5.69 Å². The van der Waals surface area contributed by atoms with Gasteiger partial charge >= 0.3 is 0 Å². The molecule has 1 aromatic carbocycles. The summed E-state index contributed by atoms with van der Waals surface area (Å²) in [5.41, 5.74) is 5.91. The quantitative estimate of drug-likeness (QED) is 0.652. The molecule has 0 fully saturated rings. The Bertz CT molecular complexity index is 699. The third-order valence-corrected chi connectivity index (χ3v) is 5.29. The summed E-state index contributed by atoms with van der Waals surface area (Å²) in [6.07, 6.45) is 3.56. The van der Waals surface area contributed by atoms with Crippen LogP contribution in [0.1, 0.15) is 57.1 Å². The first-order valence-electron chi connectivity index (χ1n) is 9.74. The number of rotatable bonds is 9. The van der Waals surface area contributed by atoms with Gasteiger partial charge < -0.3 is 14.7 Å². The number of nitrogens with one attached hydrogen (secondary N) is 1. The Labute approximate surface area is 159 Å². The average molecular weight is 358 g/mol. The summed E-state index contributed by atoms with van der Waals surface area (Å²) in [7, 11) is 4.22. The number of anilines is 1. The van der Waals surface area contributed by atoms with Crippen LogP contribution in [0.25, 0.3) is 11.1 Å². The molecule has 0 bridgehead atoms. The van der Waals surface area contributed by atoms with Crippen LogP contribution in [0.3, 0.4) is 0 Å². The minimum Gasteiger partial charge on any atom is -0.388 e. The molecule has 1 heterocycles. The van der Waals surface area contributed by atoms with Gasteiger partial charge in [0, 0.05) is 18.3 Å². The van der Waals surface area contributed by atoms with E-state index >= 15 is 0 Å². The predicted molar refractivity (Wildman–Crippen MR) is 111 cm³/mol. The van der Waals surface area contributed by atoms with Crippen LogP contribution >= 0.6 is 0 Å². The van der Waals surface area contributed by atoms with Crippen molar-refractivity contribution in [3.63, 3.8) is 0 Å². The Morgan fingerprint density at radius 2 is 1.92 bits per heavy atom. The smallest absolute Gasteiger partial charge is 0.141 e. The number of aromatic nitrogens is 1. The lowest BCUT2D eigenvalue weighted by molar-refractivity contribution is 0.310. The Hall–Kier alpha value is -1.81. The molecule has 0 spiro atoms. The van der Waals surface area contributed by atoms with Gasteiger partial charge in [0.1, 0.15) is 5.76 Å². The summed E-state index contributed by atoms with van der Waals surface area (Å²) in [6, 6.07) is 6.66. The summed E-state index contributed by atoms with van der Waals surface area (Å²) >= 11 is 0. The molecule has 2 rings (SSSR count). The van der Waals surface area contributed by atoms with Crippen molar-refractivity contribution in [1.29, 1.82) is 0 Å². The zero-order valence-electron chi connectivity index (χ0n) is 17.6. The second-order valence-electron chi connectivity index (χ2n) is 8.00. The van der Waals surface area contributed by atoms with Crippen LogP contribution in [-0.4, -0.2) is 37.2 Å². The highest BCUT2D eigenvalue weighted by Gasteiger charge is 2.25. The van der Waals surface area contributed by atoms with Gasteiger partial charge in [-0.2, -0.15) is 0 Å². The van der Waals surface area contributed by atoms with E-state index in [4.69, 9.17) is 4.52 Å². The molecule has 2 aromatic rings. The fraction of sp³-hybridized carbons (Fsp3) is 0.591. The Balaban J connectivity index is 2.27. The predicted octanol–water partition coefficient (Wildman–Crippen LogP) is 5.40. The summed E-state index contributed by atoms with van der Waals surface area (Å²) in [5, 5.41) is 7.49. The molecule has 0 saturated heterocycles. The van der Waals surface area contributed by atoms with Gasteiger partial charge in [0.25, 0.3) is 0 Å². The third-order valence-electron chi connectivity index (χ3n) is 5.29. The van der Waals surface area contributed by atoms with E-state index < -0.39 is 0 Å². The van der Waals surface area contributed by atoms with Crippen LogP contribution < -0.4 is 5.32 Å². The standard InChI is InChI=1S/C22H35N3O/c1-8-13-25(7)14-9-12-22(4,5)19-15-18(10-11-20(19)23-6)21-16(2)24-26-17(21)3/h10-11,15,23H,8-9,12-14H2,1-7H3. The molecule has 0 aliphatic carbocycles. The first kappa shape index (κ1) is 20.5. The lowest BCUT2D eigenvalue weighted by atomic mass is 9.78. The van der Waals surface area contributed by atoms with Gasteiger partial charge in [0.15, 0.2) is 0 Å². The zero-order chi connectivity index (χ0) is 19.3. The van der Waals surface area contributed by atoms with E-state index in [0.29, 0.717) is 0 Å². The monoisotopic (exact) mass is 357 g/mol. The second kappa shape index (κ2) is 8.72. The number of nitrogens with zero attached hydrogens (tertiary/aromatic N) is 2. The largest absolute Gasteiger partial charge is 0.388 e. The lowest BCUT2D eigenvalue weighted by Crippen LogP contribution is -2.24.